The molecule has 4 heteroatoms. The second kappa shape index (κ2) is 6.68. The zero-order valence-electron chi connectivity index (χ0n) is 12.4. The molecule has 4 nitrogen and oxygen atoms in total. The first kappa shape index (κ1) is 14.0. The van der Waals surface area contributed by atoms with Crippen LogP contribution in [0, 0.1) is 0 Å². The first-order valence-corrected chi connectivity index (χ1v) is 7.53. The van der Waals surface area contributed by atoms with Gasteiger partial charge in [0.25, 0.3) is 0 Å². The van der Waals surface area contributed by atoms with Crippen molar-refractivity contribution in [3.63, 3.8) is 0 Å². The Morgan fingerprint density at radius 3 is 2.90 bits per heavy atom. The van der Waals surface area contributed by atoms with Crippen LogP contribution in [0.2, 0.25) is 0 Å². The van der Waals surface area contributed by atoms with E-state index < -0.39 is 0 Å². The van der Waals surface area contributed by atoms with E-state index in [1.165, 1.54) is 5.56 Å². The fourth-order valence-corrected chi connectivity index (χ4v) is 2.56. The van der Waals surface area contributed by atoms with Gasteiger partial charge in [-0.25, -0.2) is 9.67 Å². The largest absolute Gasteiger partial charge is 0.381 e. The van der Waals surface area contributed by atoms with Gasteiger partial charge in [0, 0.05) is 18.9 Å². The van der Waals surface area contributed by atoms with Crippen molar-refractivity contribution in [3.8, 4) is 0 Å². The van der Waals surface area contributed by atoms with Crippen molar-refractivity contribution in [3.05, 3.63) is 59.7 Å². The van der Waals surface area contributed by atoms with Crippen LogP contribution in [0.5, 0.6) is 0 Å². The number of rotatable bonds is 5. The lowest BCUT2D eigenvalue weighted by atomic mass is 10.1. The van der Waals surface area contributed by atoms with Crippen LogP contribution in [-0.2, 0) is 17.7 Å². The van der Waals surface area contributed by atoms with Crippen LogP contribution in [0.15, 0.2) is 42.5 Å². The van der Waals surface area contributed by atoms with Gasteiger partial charge in [0.2, 0.25) is 0 Å². The Hall–Kier alpha value is -1.94. The molecule has 0 amide bonds. The van der Waals surface area contributed by atoms with E-state index in [9.17, 15) is 0 Å². The van der Waals surface area contributed by atoms with Crippen molar-refractivity contribution in [2.45, 2.75) is 32.2 Å². The number of hydrogen-bond acceptors (Lipinski definition) is 3. The molecule has 0 radical (unpaired) electrons. The molecule has 0 spiro atoms. The van der Waals surface area contributed by atoms with Crippen LogP contribution in [0.25, 0.3) is 0 Å². The second-order valence-electron chi connectivity index (χ2n) is 5.36. The summed E-state index contributed by atoms with van der Waals surface area (Å²) in [6, 6.07) is 10.4. The summed E-state index contributed by atoms with van der Waals surface area (Å²) in [5, 5.41) is 4.73. The van der Waals surface area contributed by atoms with Crippen molar-refractivity contribution in [1.82, 2.24) is 14.8 Å². The van der Waals surface area contributed by atoms with Gasteiger partial charge < -0.3 is 4.74 Å². The molecule has 1 aromatic carbocycles. The number of ether oxygens (including phenoxy) is 1. The van der Waals surface area contributed by atoms with E-state index in [0.29, 0.717) is 5.92 Å². The molecule has 1 aliphatic rings. The third-order valence-electron chi connectivity index (χ3n) is 3.77. The first-order chi connectivity index (χ1) is 10.4. The quantitative estimate of drug-likeness (QED) is 0.792. The average molecular weight is 283 g/mol. The minimum Gasteiger partial charge on any atom is -0.381 e. The zero-order valence-corrected chi connectivity index (χ0v) is 12.4. The second-order valence-corrected chi connectivity index (χ2v) is 5.36. The zero-order chi connectivity index (χ0) is 14.5. The van der Waals surface area contributed by atoms with Crippen LogP contribution in [-0.4, -0.2) is 28.0 Å². The third kappa shape index (κ3) is 3.39. The first-order valence-electron chi connectivity index (χ1n) is 7.53. The van der Waals surface area contributed by atoms with E-state index in [-0.39, 0.29) is 0 Å². The number of nitrogens with zero attached hydrogens (tertiary/aromatic N) is 3. The lowest BCUT2D eigenvalue weighted by molar-refractivity contribution is 0.193. The fourth-order valence-electron chi connectivity index (χ4n) is 2.56. The van der Waals surface area contributed by atoms with E-state index in [0.717, 1.165) is 44.2 Å². The summed E-state index contributed by atoms with van der Waals surface area (Å²) in [5.41, 5.74) is 1.25. The van der Waals surface area contributed by atoms with E-state index >= 15 is 0 Å². The number of allylic oxidation sites excluding steroid dienone is 2. The molecule has 0 aliphatic carbocycles. The predicted molar refractivity (Wildman–Crippen MR) is 82.3 cm³/mol. The Balaban J connectivity index is 1.85. The molecule has 0 unspecified atom stereocenters. The SMILES string of the molecule is C/C=C/Cc1nc([C@@H]2CCOC2)nn1Cc1ccccc1. The molecule has 2 heterocycles. The molecular formula is C17H21N3O. The third-order valence-corrected chi connectivity index (χ3v) is 3.77. The van der Waals surface area contributed by atoms with Crippen LogP contribution in [0.3, 0.4) is 0 Å². The molecule has 1 saturated heterocycles. The smallest absolute Gasteiger partial charge is 0.156 e. The molecule has 0 bridgehead atoms. The summed E-state index contributed by atoms with van der Waals surface area (Å²) in [7, 11) is 0. The van der Waals surface area contributed by atoms with Crippen molar-refractivity contribution < 1.29 is 4.74 Å². The van der Waals surface area contributed by atoms with E-state index in [1.807, 2.05) is 17.7 Å². The molecule has 1 aromatic heterocycles. The molecule has 0 saturated carbocycles. The molecule has 110 valence electrons. The molecule has 21 heavy (non-hydrogen) atoms. The summed E-state index contributed by atoms with van der Waals surface area (Å²) >= 11 is 0. The van der Waals surface area contributed by atoms with Gasteiger partial charge in [0.15, 0.2) is 5.82 Å². The van der Waals surface area contributed by atoms with Gasteiger partial charge in [0.1, 0.15) is 5.82 Å². The normalized spacial score (nSPS) is 18.6. The Kier molecular flexibility index (Phi) is 4.46. The molecule has 2 aromatic rings. The standard InChI is InChI=1S/C17H21N3O/c1-2-3-9-16-18-17(15-10-11-21-13-15)19-20(16)12-14-7-5-4-6-8-14/h2-8,15H,9-13H2,1H3/b3-2+/t15-/m1/s1. The highest BCUT2D eigenvalue weighted by Crippen LogP contribution is 2.23. The highest BCUT2D eigenvalue weighted by molar-refractivity contribution is 5.16. The van der Waals surface area contributed by atoms with E-state index in [1.54, 1.807) is 0 Å². The van der Waals surface area contributed by atoms with Crippen molar-refractivity contribution in [2.75, 3.05) is 13.2 Å². The maximum atomic E-state index is 5.46. The van der Waals surface area contributed by atoms with Gasteiger partial charge in [-0.3, -0.25) is 0 Å². The Morgan fingerprint density at radius 1 is 1.33 bits per heavy atom. The topological polar surface area (TPSA) is 39.9 Å². The molecule has 3 rings (SSSR count). The summed E-state index contributed by atoms with van der Waals surface area (Å²) < 4.78 is 7.49. The maximum absolute atomic E-state index is 5.46. The highest BCUT2D eigenvalue weighted by atomic mass is 16.5. The minimum atomic E-state index is 0.353. The Morgan fingerprint density at radius 2 is 2.19 bits per heavy atom. The monoisotopic (exact) mass is 283 g/mol. The maximum Gasteiger partial charge on any atom is 0.156 e. The molecule has 1 fully saturated rings. The summed E-state index contributed by atoms with van der Waals surface area (Å²) in [6.07, 6.45) is 6.03. The van der Waals surface area contributed by atoms with Gasteiger partial charge in [-0.1, -0.05) is 42.5 Å². The Labute approximate surface area is 125 Å². The van der Waals surface area contributed by atoms with E-state index in [2.05, 4.69) is 36.4 Å². The van der Waals surface area contributed by atoms with Crippen molar-refractivity contribution >= 4 is 0 Å². The van der Waals surface area contributed by atoms with Gasteiger partial charge in [0.05, 0.1) is 13.2 Å². The van der Waals surface area contributed by atoms with Crippen molar-refractivity contribution in [2.24, 2.45) is 0 Å². The average Bonchev–Trinajstić information content (AvgIpc) is 3.16. The van der Waals surface area contributed by atoms with E-state index in [4.69, 9.17) is 14.8 Å². The van der Waals surface area contributed by atoms with Gasteiger partial charge in [-0.2, -0.15) is 5.10 Å². The Bertz CT molecular complexity index is 598. The molecule has 1 atom stereocenters. The van der Waals surface area contributed by atoms with Crippen LogP contribution in [0.4, 0.5) is 0 Å². The van der Waals surface area contributed by atoms with Gasteiger partial charge >= 0.3 is 0 Å². The minimum absolute atomic E-state index is 0.353. The summed E-state index contributed by atoms with van der Waals surface area (Å²) in [5.74, 6) is 2.31. The van der Waals surface area contributed by atoms with Crippen LogP contribution in [0.1, 0.15) is 36.5 Å². The lowest BCUT2D eigenvalue weighted by Gasteiger charge is -2.04. The predicted octanol–water partition coefficient (Wildman–Crippen LogP) is 2.95. The van der Waals surface area contributed by atoms with Crippen LogP contribution >= 0.6 is 0 Å². The van der Waals surface area contributed by atoms with Crippen LogP contribution < -0.4 is 0 Å². The fraction of sp³-hybridized carbons (Fsp3) is 0.412. The lowest BCUT2D eigenvalue weighted by Crippen LogP contribution is -2.07. The summed E-state index contributed by atoms with van der Waals surface area (Å²) in [6.45, 7) is 4.37. The molecule has 1 aliphatic heterocycles. The van der Waals surface area contributed by atoms with Gasteiger partial charge in [-0.15, -0.1) is 0 Å². The van der Waals surface area contributed by atoms with Crippen molar-refractivity contribution in [1.29, 1.82) is 0 Å². The molecule has 0 N–H and O–H groups in total. The number of benzene rings is 1. The number of hydrogen-bond donors (Lipinski definition) is 0. The number of aromatic nitrogens is 3. The summed E-state index contributed by atoms with van der Waals surface area (Å²) in [4.78, 5) is 4.75. The molecular weight excluding hydrogens is 262 g/mol. The van der Waals surface area contributed by atoms with Gasteiger partial charge in [-0.05, 0) is 18.9 Å². The highest BCUT2D eigenvalue weighted by Gasteiger charge is 2.23.